The van der Waals surface area contributed by atoms with E-state index in [0.717, 1.165) is 31.5 Å². The maximum absolute atomic E-state index is 13.1. The molecule has 3 rings (SSSR count). The maximum atomic E-state index is 13.1. The summed E-state index contributed by atoms with van der Waals surface area (Å²) in [5.41, 5.74) is 1.67. The van der Waals surface area contributed by atoms with Crippen LogP contribution in [0.3, 0.4) is 0 Å². The minimum absolute atomic E-state index is 0.0234. The van der Waals surface area contributed by atoms with Crippen LogP contribution in [0.15, 0.2) is 54.6 Å². The third kappa shape index (κ3) is 4.20. The molecule has 2 aromatic carbocycles. The molecule has 2 N–H and O–H groups in total. The van der Waals surface area contributed by atoms with E-state index >= 15 is 0 Å². The summed E-state index contributed by atoms with van der Waals surface area (Å²) < 4.78 is 13.1. The number of benzene rings is 2. The van der Waals surface area contributed by atoms with Crippen molar-refractivity contribution < 1.29 is 14.1 Å². The summed E-state index contributed by atoms with van der Waals surface area (Å²) in [6, 6.07) is 15.7. The number of carbonyl (C=O) groups is 1. The molecule has 4 heteroatoms. The van der Waals surface area contributed by atoms with Gasteiger partial charge in [0.2, 0.25) is 0 Å². The van der Waals surface area contributed by atoms with Gasteiger partial charge in [0, 0.05) is 11.3 Å². The molecule has 0 aliphatic carbocycles. The molecule has 3 nitrogen and oxygen atoms in total. The number of hydrogen-bond acceptors (Lipinski definition) is 1. The van der Waals surface area contributed by atoms with Crippen molar-refractivity contribution >= 4 is 11.6 Å². The van der Waals surface area contributed by atoms with E-state index in [2.05, 4.69) is 5.32 Å². The van der Waals surface area contributed by atoms with Gasteiger partial charge in [-0.3, -0.25) is 4.79 Å². The Kier molecular flexibility index (Phi) is 5.59. The van der Waals surface area contributed by atoms with Crippen LogP contribution in [0.1, 0.15) is 37.3 Å². The molecule has 1 aliphatic rings. The van der Waals surface area contributed by atoms with Gasteiger partial charge in [0.05, 0.1) is 13.1 Å². The summed E-state index contributed by atoms with van der Waals surface area (Å²) in [5, 5.41) is 2.96. The number of nitrogens with one attached hydrogen (secondary N) is 2. The Labute approximate surface area is 142 Å². The summed E-state index contributed by atoms with van der Waals surface area (Å²) in [6.07, 6.45) is 4.79. The van der Waals surface area contributed by atoms with Gasteiger partial charge in [-0.2, -0.15) is 0 Å². The molecule has 1 heterocycles. The second-order valence-corrected chi connectivity index (χ2v) is 6.41. The van der Waals surface area contributed by atoms with E-state index in [9.17, 15) is 9.18 Å². The molecule has 1 fully saturated rings. The first kappa shape index (κ1) is 16.7. The van der Waals surface area contributed by atoms with Crippen LogP contribution >= 0.6 is 0 Å². The van der Waals surface area contributed by atoms with Crippen LogP contribution < -0.4 is 10.2 Å². The lowest BCUT2D eigenvalue weighted by molar-refractivity contribution is -0.921. The van der Waals surface area contributed by atoms with Crippen molar-refractivity contribution in [1.82, 2.24) is 0 Å². The van der Waals surface area contributed by atoms with Crippen LogP contribution in [-0.2, 0) is 4.79 Å². The van der Waals surface area contributed by atoms with Crippen LogP contribution in [0.2, 0.25) is 0 Å². The Morgan fingerprint density at radius 3 is 2.17 bits per heavy atom. The first-order valence-corrected chi connectivity index (χ1v) is 8.70. The molecule has 0 unspecified atom stereocenters. The summed E-state index contributed by atoms with van der Waals surface area (Å²) in [7, 11) is 0. The van der Waals surface area contributed by atoms with Crippen LogP contribution in [0, 0.1) is 5.82 Å². The first-order chi connectivity index (χ1) is 11.7. The number of hydrogen-bond donors (Lipinski definition) is 2. The number of anilines is 1. The fourth-order valence-corrected chi connectivity index (χ4v) is 3.44. The number of amides is 1. The Balaban J connectivity index is 1.82. The average molecular weight is 327 g/mol. The van der Waals surface area contributed by atoms with E-state index in [-0.39, 0.29) is 17.8 Å². The lowest BCUT2D eigenvalue weighted by Gasteiger charge is -2.27. The normalized spacial score (nSPS) is 17.0. The number of halogens is 1. The highest BCUT2D eigenvalue weighted by Gasteiger charge is 2.31. The Morgan fingerprint density at radius 2 is 1.54 bits per heavy atom. The van der Waals surface area contributed by atoms with E-state index in [1.807, 2.05) is 30.3 Å². The molecule has 0 radical (unpaired) electrons. The predicted molar refractivity (Wildman–Crippen MR) is 93.4 cm³/mol. The second-order valence-electron chi connectivity index (χ2n) is 6.41. The Morgan fingerprint density at radius 1 is 0.917 bits per heavy atom. The third-order valence-electron chi connectivity index (χ3n) is 4.66. The number of carbonyl (C=O) groups excluding carboxylic acids is 1. The van der Waals surface area contributed by atoms with Crippen molar-refractivity contribution in [2.24, 2.45) is 0 Å². The molecule has 0 saturated carbocycles. The van der Waals surface area contributed by atoms with Crippen molar-refractivity contribution in [1.29, 1.82) is 0 Å². The lowest BCUT2D eigenvalue weighted by Crippen LogP contribution is -3.13. The maximum Gasteiger partial charge on any atom is 0.287 e. The molecule has 0 spiro atoms. The second kappa shape index (κ2) is 8.06. The standard InChI is InChI=1S/C20H23FN2O/c21-17-10-12-18(13-11-17)22-20(24)19(16-8-4-3-5-9-16)23-14-6-1-2-7-15-23/h3-5,8-13,19H,1-2,6-7,14-15H2,(H,22,24)/p+1/t19-/m1/s1. The molecule has 126 valence electrons. The van der Waals surface area contributed by atoms with Gasteiger partial charge in [-0.25, -0.2) is 4.39 Å². The van der Waals surface area contributed by atoms with Crippen molar-refractivity contribution in [2.75, 3.05) is 18.4 Å². The van der Waals surface area contributed by atoms with Gasteiger partial charge in [0.15, 0.2) is 6.04 Å². The highest BCUT2D eigenvalue weighted by Crippen LogP contribution is 2.15. The molecule has 2 aromatic rings. The first-order valence-electron chi connectivity index (χ1n) is 8.70. The topological polar surface area (TPSA) is 33.5 Å². The highest BCUT2D eigenvalue weighted by atomic mass is 19.1. The van der Waals surface area contributed by atoms with E-state index in [0.29, 0.717) is 5.69 Å². The molecule has 0 aromatic heterocycles. The quantitative estimate of drug-likeness (QED) is 0.889. The number of rotatable bonds is 4. The summed E-state index contributed by atoms with van der Waals surface area (Å²) in [5.74, 6) is -0.324. The fourth-order valence-electron chi connectivity index (χ4n) is 3.44. The van der Waals surface area contributed by atoms with Gasteiger partial charge >= 0.3 is 0 Å². The third-order valence-corrected chi connectivity index (χ3v) is 4.66. The van der Waals surface area contributed by atoms with Gasteiger partial charge in [0.1, 0.15) is 5.82 Å². The summed E-state index contributed by atoms with van der Waals surface area (Å²) in [4.78, 5) is 14.3. The number of quaternary nitrogens is 1. The minimum Gasteiger partial charge on any atom is -0.321 e. The van der Waals surface area contributed by atoms with Crippen LogP contribution in [-0.4, -0.2) is 19.0 Å². The molecule has 1 aliphatic heterocycles. The molecule has 1 saturated heterocycles. The van der Waals surface area contributed by atoms with Gasteiger partial charge in [-0.05, 0) is 49.9 Å². The van der Waals surface area contributed by atoms with Gasteiger partial charge < -0.3 is 10.2 Å². The summed E-state index contributed by atoms with van der Waals surface area (Å²) >= 11 is 0. The van der Waals surface area contributed by atoms with E-state index in [1.165, 1.54) is 29.9 Å². The van der Waals surface area contributed by atoms with Crippen LogP contribution in [0.25, 0.3) is 0 Å². The van der Waals surface area contributed by atoms with Gasteiger partial charge in [-0.15, -0.1) is 0 Å². The van der Waals surface area contributed by atoms with E-state index < -0.39 is 0 Å². The van der Waals surface area contributed by atoms with Crippen molar-refractivity contribution in [3.05, 3.63) is 66.0 Å². The molecule has 1 amide bonds. The zero-order chi connectivity index (χ0) is 16.8. The zero-order valence-electron chi connectivity index (χ0n) is 13.8. The zero-order valence-corrected chi connectivity index (χ0v) is 13.8. The fraction of sp³-hybridized carbons (Fsp3) is 0.350. The average Bonchev–Trinajstić information content (AvgIpc) is 2.87. The summed E-state index contributed by atoms with van der Waals surface area (Å²) in [6.45, 7) is 2.02. The molecular weight excluding hydrogens is 303 g/mol. The molecular formula is C20H24FN2O+. The van der Waals surface area contributed by atoms with Gasteiger partial charge in [0.25, 0.3) is 5.91 Å². The lowest BCUT2D eigenvalue weighted by atomic mass is 10.0. The largest absolute Gasteiger partial charge is 0.321 e. The van der Waals surface area contributed by atoms with E-state index in [1.54, 1.807) is 12.1 Å². The monoisotopic (exact) mass is 327 g/mol. The molecule has 1 atom stereocenters. The molecule has 0 bridgehead atoms. The Bertz CT molecular complexity index is 649. The Hall–Kier alpha value is -2.20. The van der Waals surface area contributed by atoms with Crippen LogP contribution in [0.4, 0.5) is 10.1 Å². The number of likely N-dealkylation sites (tertiary alicyclic amines) is 1. The molecule has 24 heavy (non-hydrogen) atoms. The van der Waals surface area contributed by atoms with Gasteiger partial charge in [-0.1, -0.05) is 30.3 Å². The predicted octanol–water partition coefficient (Wildman–Crippen LogP) is 2.96. The van der Waals surface area contributed by atoms with E-state index in [4.69, 9.17) is 0 Å². The van der Waals surface area contributed by atoms with Crippen molar-refractivity contribution in [3.63, 3.8) is 0 Å². The highest BCUT2D eigenvalue weighted by molar-refractivity contribution is 5.94. The van der Waals surface area contributed by atoms with Crippen LogP contribution in [0.5, 0.6) is 0 Å². The van der Waals surface area contributed by atoms with Crippen molar-refractivity contribution in [3.8, 4) is 0 Å². The van der Waals surface area contributed by atoms with Crippen molar-refractivity contribution in [2.45, 2.75) is 31.7 Å². The minimum atomic E-state index is -0.300. The smallest absolute Gasteiger partial charge is 0.287 e. The SMILES string of the molecule is O=C(Nc1ccc(F)cc1)[C@@H](c1ccccc1)[NH+]1CCCCCC1.